The number of hydrogen-bond donors (Lipinski definition) is 0. The van der Waals surface area contributed by atoms with Crippen LogP contribution in [0, 0.1) is 10.1 Å². The molecule has 0 N–H and O–H groups in total. The van der Waals surface area contributed by atoms with Crippen molar-refractivity contribution in [3.05, 3.63) is 86.1 Å². The Morgan fingerprint density at radius 1 is 1.19 bits per heavy atom. The van der Waals surface area contributed by atoms with Crippen LogP contribution in [0.1, 0.15) is 15.9 Å². The Balaban J connectivity index is 1.74. The molecule has 11 heteroatoms. The molecule has 4 rings (SSSR count). The lowest BCUT2D eigenvalue weighted by Crippen LogP contribution is -2.11. The van der Waals surface area contributed by atoms with Crippen LogP contribution in [0.5, 0.6) is 11.6 Å². The van der Waals surface area contributed by atoms with Crippen LogP contribution in [0.4, 0.5) is 5.69 Å². The van der Waals surface area contributed by atoms with Crippen LogP contribution in [0.25, 0.3) is 10.9 Å². The first-order valence-corrected chi connectivity index (χ1v) is 9.92. The van der Waals surface area contributed by atoms with Crippen molar-refractivity contribution in [1.29, 1.82) is 0 Å². The fourth-order valence-electron chi connectivity index (χ4n) is 3.10. The molecule has 0 radical (unpaired) electrons. The van der Waals surface area contributed by atoms with Crippen molar-refractivity contribution in [3.8, 4) is 11.6 Å². The van der Waals surface area contributed by atoms with Gasteiger partial charge in [-0.3, -0.25) is 14.8 Å². The third-order valence-electron chi connectivity index (χ3n) is 4.59. The molecular formula is C21H14Cl2N4O5. The first-order chi connectivity index (χ1) is 15.4. The molecule has 0 saturated carbocycles. The zero-order valence-corrected chi connectivity index (χ0v) is 18.0. The summed E-state index contributed by atoms with van der Waals surface area (Å²) in [7, 11) is 1.51. The number of non-ortho nitro benzene ring substituents is 1. The Morgan fingerprint density at radius 3 is 2.75 bits per heavy atom. The lowest BCUT2D eigenvalue weighted by atomic mass is 10.2. The summed E-state index contributed by atoms with van der Waals surface area (Å²) >= 11 is 11.9. The van der Waals surface area contributed by atoms with Gasteiger partial charge in [0.05, 0.1) is 40.1 Å². The smallest absolute Gasteiger partial charge is 0.348 e. The molecule has 162 valence electrons. The summed E-state index contributed by atoms with van der Waals surface area (Å²) in [5.41, 5.74) is 1.24. The summed E-state index contributed by atoms with van der Waals surface area (Å²) in [4.78, 5) is 27.2. The number of halogens is 2. The predicted molar refractivity (Wildman–Crippen MR) is 118 cm³/mol. The Labute approximate surface area is 191 Å². The van der Waals surface area contributed by atoms with E-state index in [0.717, 1.165) is 0 Å². The van der Waals surface area contributed by atoms with Gasteiger partial charge in [-0.25, -0.2) is 9.78 Å². The number of benzene rings is 2. The molecule has 2 aromatic carbocycles. The summed E-state index contributed by atoms with van der Waals surface area (Å²) < 4.78 is 12.4. The summed E-state index contributed by atoms with van der Waals surface area (Å²) in [6.07, 6.45) is 1.31. The minimum Gasteiger partial charge on any atom is -0.497 e. The molecule has 0 atom stereocenters. The number of esters is 1. The van der Waals surface area contributed by atoms with Gasteiger partial charge >= 0.3 is 5.97 Å². The molecule has 0 fully saturated rings. The SMILES string of the molecule is COc1ccc2c(c1)c(OC(=O)c1cc(Cl)cnc1Cl)nn2Cc1cccc([N+](=O)[O-])c1. The van der Waals surface area contributed by atoms with E-state index in [0.29, 0.717) is 22.2 Å². The molecule has 0 amide bonds. The number of ether oxygens (including phenoxy) is 2. The number of carbonyl (C=O) groups excluding carboxylic acids is 1. The van der Waals surface area contributed by atoms with Crippen molar-refractivity contribution in [1.82, 2.24) is 14.8 Å². The van der Waals surface area contributed by atoms with E-state index in [1.807, 2.05) is 0 Å². The Kier molecular flexibility index (Phi) is 5.93. The molecule has 9 nitrogen and oxygen atoms in total. The van der Waals surface area contributed by atoms with Gasteiger partial charge in [0.15, 0.2) is 0 Å². The van der Waals surface area contributed by atoms with E-state index in [9.17, 15) is 14.9 Å². The van der Waals surface area contributed by atoms with Crippen LogP contribution in [-0.2, 0) is 6.54 Å². The van der Waals surface area contributed by atoms with E-state index >= 15 is 0 Å². The number of fused-ring (bicyclic) bond motifs is 1. The second-order valence-electron chi connectivity index (χ2n) is 6.65. The van der Waals surface area contributed by atoms with Crippen molar-refractivity contribution in [2.75, 3.05) is 7.11 Å². The number of nitro benzene ring substituents is 1. The number of hydrogen-bond acceptors (Lipinski definition) is 7. The highest BCUT2D eigenvalue weighted by Crippen LogP contribution is 2.31. The second kappa shape index (κ2) is 8.81. The molecule has 0 aliphatic heterocycles. The predicted octanol–water partition coefficient (Wildman–Crippen LogP) is 4.92. The van der Waals surface area contributed by atoms with E-state index in [2.05, 4.69) is 10.1 Å². The van der Waals surface area contributed by atoms with Gasteiger partial charge < -0.3 is 9.47 Å². The van der Waals surface area contributed by atoms with E-state index in [-0.39, 0.29) is 33.9 Å². The van der Waals surface area contributed by atoms with E-state index < -0.39 is 10.9 Å². The van der Waals surface area contributed by atoms with Crippen LogP contribution in [0.15, 0.2) is 54.7 Å². The fourth-order valence-corrected chi connectivity index (χ4v) is 3.44. The molecule has 2 heterocycles. The molecular weight excluding hydrogens is 459 g/mol. The zero-order chi connectivity index (χ0) is 22.8. The summed E-state index contributed by atoms with van der Waals surface area (Å²) in [5, 5.41) is 16.2. The number of nitro groups is 1. The highest BCUT2D eigenvalue weighted by Gasteiger charge is 2.20. The highest BCUT2D eigenvalue weighted by molar-refractivity contribution is 6.34. The van der Waals surface area contributed by atoms with Crippen LogP contribution >= 0.6 is 23.2 Å². The van der Waals surface area contributed by atoms with Crippen molar-refractivity contribution >= 4 is 45.8 Å². The molecule has 0 aliphatic rings. The maximum absolute atomic E-state index is 12.7. The van der Waals surface area contributed by atoms with Crippen molar-refractivity contribution < 1.29 is 19.2 Å². The van der Waals surface area contributed by atoms with Gasteiger partial charge in [-0.2, -0.15) is 0 Å². The van der Waals surface area contributed by atoms with Gasteiger partial charge in [0, 0.05) is 18.3 Å². The Bertz CT molecular complexity index is 1360. The first kappa shape index (κ1) is 21.5. The minimum absolute atomic E-state index is 0.0107. The van der Waals surface area contributed by atoms with Gasteiger partial charge in [0.1, 0.15) is 10.9 Å². The maximum Gasteiger partial charge on any atom is 0.348 e. The minimum atomic E-state index is -0.783. The van der Waals surface area contributed by atoms with Crippen LogP contribution in [-0.4, -0.2) is 32.8 Å². The van der Waals surface area contributed by atoms with E-state index in [4.69, 9.17) is 32.7 Å². The normalized spacial score (nSPS) is 10.8. The van der Waals surface area contributed by atoms with Crippen LogP contribution < -0.4 is 9.47 Å². The first-order valence-electron chi connectivity index (χ1n) is 9.17. The Hall–Kier alpha value is -3.69. The summed E-state index contributed by atoms with van der Waals surface area (Å²) in [6.45, 7) is 0.210. The number of carbonyl (C=O) groups is 1. The molecule has 0 spiro atoms. The van der Waals surface area contributed by atoms with Crippen molar-refractivity contribution in [3.63, 3.8) is 0 Å². The number of aromatic nitrogens is 3. The second-order valence-corrected chi connectivity index (χ2v) is 7.45. The molecule has 0 unspecified atom stereocenters. The molecule has 0 bridgehead atoms. The third-order valence-corrected chi connectivity index (χ3v) is 5.10. The summed E-state index contributed by atoms with van der Waals surface area (Å²) in [5.74, 6) is -0.229. The standard InChI is InChI=1S/C21H14Cl2N4O5/c1-31-15-5-6-18-16(9-15)20(32-21(28)17-8-13(22)10-24-19(17)23)25-26(18)11-12-3-2-4-14(7-12)27(29)30/h2-10H,11H2,1H3. The molecule has 4 aromatic rings. The average Bonchev–Trinajstić information content (AvgIpc) is 3.11. The fraction of sp³-hybridized carbons (Fsp3) is 0.0952. The number of rotatable bonds is 6. The topological polar surface area (TPSA) is 109 Å². The van der Waals surface area contributed by atoms with E-state index in [1.54, 1.807) is 35.0 Å². The van der Waals surface area contributed by atoms with E-state index in [1.165, 1.54) is 31.5 Å². The van der Waals surface area contributed by atoms with Crippen LogP contribution in [0.2, 0.25) is 10.2 Å². The average molecular weight is 473 g/mol. The summed E-state index contributed by atoms with van der Waals surface area (Å²) in [6, 6.07) is 12.7. The quantitative estimate of drug-likeness (QED) is 0.169. The van der Waals surface area contributed by atoms with Gasteiger partial charge in [0.25, 0.3) is 5.69 Å². The lowest BCUT2D eigenvalue weighted by Gasteiger charge is -2.04. The monoisotopic (exact) mass is 472 g/mol. The van der Waals surface area contributed by atoms with Gasteiger partial charge in [-0.05, 0) is 29.8 Å². The highest BCUT2D eigenvalue weighted by atomic mass is 35.5. The molecule has 0 saturated heterocycles. The molecule has 0 aliphatic carbocycles. The molecule has 2 aromatic heterocycles. The number of nitrogens with zero attached hydrogens (tertiary/aromatic N) is 4. The molecule has 32 heavy (non-hydrogen) atoms. The van der Waals surface area contributed by atoms with Gasteiger partial charge in [-0.1, -0.05) is 35.3 Å². The zero-order valence-electron chi connectivity index (χ0n) is 16.5. The van der Waals surface area contributed by atoms with Gasteiger partial charge in [0.2, 0.25) is 5.88 Å². The van der Waals surface area contributed by atoms with Crippen molar-refractivity contribution in [2.24, 2.45) is 0 Å². The lowest BCUT2D eigenvalue weighted by molar-refractivity contribution is -0.384. The van der Waals surface area contributed by atoms with Gasteiger partial charge in [-0.15, -0.1) is 5.10 Å². The maximum atomic E-state index is 12.7. The largest absolute Gasteiger partial charge is 0.497 e. The Morgan fingerprint density at radius 2 is 2.00 bits per heavy atom. The van der Waals surface area contributed by atoms with Crippen LogP contribution in [0.3, 0.4) is 0 Å². The van der Waals surface area contributed by atoms with Crippen molar-refractivity contribution in [2.45, 2.75) is 6.54 Å². The number of methoxy groups -OCH3 is 1. The number of pyridine rings is 1. The third kappa shape index (κ3) is 4.34.